The molecule has 0 radical (unpaired) electrons. The zero-order valence-corrected chi connectivity index (χ0v) is 12.6. The Morgan fingerprint density at radius 3 is 2.38 bits per heavy atom. The van der Waals surface area contributed by atoms with E-state index in [1.54, 1.807) is 17.9 Å². The van der Waals surface area contributed by atoms with E-state index in [-0.39, 0.29) is 5.28 Å². The van der Waals surface area contributed by atoms with E-state index in [9.17, 15) is 0 Å². The molecular formula is C15H11Cl2N3O. The maximum atomic E-state index is 6.23. The third-order valence-corrected chi connectivity index (χ3v) is 3.50. The van der Waals surface area contributed by atoms with Crippen LogP contribution in [0.2, 0.25) is 10.3 Å². The molecule has 0 bridgehead atoms. The minimum atomic E-state index is 0.167. The number of hydrogen-bond acceptors (Lipinski definition) is 3. The summed E-state index contributed by atoms with van der Waals surface area (Å²) in [6, 6.07) is 14.9. The highest BCUT2D eigenvalue weighted by molar-refractivity contribution is 6.33. The van der Waals surface area contributed by atoms with E-state index in [0.717, 1.165) is 17.0 Å². The summed E-state index contributed by atoms with van der Waals surface area (Å²) in [6.07, 6.45) is 0. The Labute approximate surface area is 131 Å². The van der Waals surface area contributed by atoms with Gasteiger partial charge in [-0.15, -0.1) is 5.10 Å². The Hall–Kier alpha value is -2.04. The van der Waals surface area contributed by atoms with E-state index in [2.05, 4.69) is 10.1 Å². The Morgan fingerprint density at radius 2 is 1.71 bits per heavy atom. The van der Waals surface area contributed by atoms with Crippen molar-refractivity contribution in [3.8, 4) is 22.8 Å². The Bertz CT molecular complexity index is 769. The van der Waals surface area contributed by atoms with Crippen LogP contribution in [0.25, 0.3) is 17.1 Å². The standard InChI is InChI=1S/C15H11Cl2N3O/c1-21-11-8-6-10(7-9-11)20-14(18-15(17)19-20)12-4-2-3-5-13(12)16/h2-9H,1H3. The topological polar surface area (TPSA) is 39.9 Å². The molecule has 0 aliphatic carbocycles. The van der Waals surface area contributed by atoms with Crippen LogP contribution in [0, 0.1) is 0 Å². The molecule has 2 aromatic carbocycles. The molecule has 0 saturated heterocycles. The molecule has 0 saturated carbocycles. The third-order valence-electron chi connectivity index (χ3n) is 3.01. The average Bonchev–Trinajstić information content (AvgIpc) is 2.89. The quantitative estimate of drug-likeness (QED) is 0.724. The second kappa shape index (κ2) is 5.76. The number of nitrogens with zero attached hydrogens (tertiary/aromatic N) is 3. The van der Waals surface area contributed by atoms with Crippen molar-refractivity contribution in [2.45, 2.75) is 0 Å². The van der Waals surface area contributed by atoms with Gasteiger partial charge in [-0.25, -0.2) is 4.68 Å². The Balaban J connectivity index is 2.13. The van der Waals surface area contributed by atoms with Crippen molar-refractivity contribution in [3.05, 3.63) is 58.8 Å². The van der Waals surface area contributed by atoms with Gasteiger partial charge in [0, 0.05) is 5.56 Å². The van der Waals surface area contributed by atoms with Crippen LogP contribution in [0.3, 0.4) is 0 Å². The van der Waals surface area contributed by atoms with Gasteiger partial charge in [0.2, 0.25) is 5.28 Å². The lowest BCUT2D eigenvalue weighted by Crippen LogP contribution is -2.00. The summed E-state index contributed by atoms with van der Waals surface area (Å²) in [5.41, 5.74) is 1.60. The normalized spacial score (nSPS) is 10.6. The number of aromatic nitrogens is 3. The molecular weight excluding hydrogens is 309 g/mol. The lowest BCUT2D eigenvalue weighted by Gasteiger charge is -2.08. The molecule has 3 rings (SSSR count). The summed E-state index contributed by atoms with van der Waals surface area (Å²) >= 11 is 12.2. The first-order chi connectivity index (χ1) is 10.2. The molecule has 0 aliphatic rings. The molecule has 1 aromatic heterocycles. The molecule has 0 spiro atoms. The summed E-state index contributed by atoms with van der Waals surface area (Å²) in [5.74, 6) is 1.36. The molecule has 0 unspecified atom stereocenters. The molecule has 0 amide bonds. The smallest absolute Gasteiger partial charge is 0.243 e. The minimum absolute atomic E-state index is 0.167. The summed E-state index contributed by atoms with van der Waals surface area (Å²) in [6.45, 7) is 0. The first-order valence-electron chi connectivity index (χ1n) is 6.21. The number of benzene rings is 2. The van der Waals surface area contributed by atoms with Gasteiger partial charge in [0.25, 0.3) is 0 Å². The van der Waals surface area contributed by atoms with Crippen molar-refractivity contribution in [1.29, 1.82) is 0 Å². The van der Waals surface area contributed by atoms with Crippen molar-refractivity contribution in [2.24, 2.45) is 0 Å². The van der Waals surface area contributed by atoms with Crippen molar-refractivity contribution in [2.75, 3.05) is 7.11 Å². The van der Waals surface area contributed by atoms with Gasteiger partial charge in [-0.1, -0.05) is 23.7 Å². The van der Waals surface area contributed by atoms with E-state index in [1.807, 2.05) is 42.5 Å². The van der Waals surface area contributed by atoms with Gasteiger partial charge < -0.3 is 4.74 Å². The molecule has 106 valence electrons. The van der Waals surface area contributed by atoms with Crippen LogP contribution in [0.5, 0.6) is 5.75 Å². The van der Waals surface area contributed by atoms with Crippen molar-refractivity contribution < 1.29 is 4.74 Å². The molecule has 0 atom stereocenters. The molecule has 21 heavy (non-hydrogen) atoms. The predicted octanol–water partition coefficient (Wildman–Crippen LogP) is 4.25. The summed E-state index contributed by atoms with van der Waals surface area (Å²) in [5, 5.41) is 4.99. The van der Waals surface area contributed by atoms with Crippen LogP contribution < -0.4 is 4.74 Å². The maximum Gasteiger partial charge on any atom is 0.243 e. The summed E-state index contributed by atoms with van der Waals surface area (Å²) in [4.78, 5) is 4.26. The summed E-state index contributed by atoms with van der Waals surface area (Å²) in [7, 11) is 1.62. The van der Waals surface area contributed by atoms with Crippen LogP contribution in [0.1, 0.15) is 0 Å². The highest BCUT2D eigenvalue weighted by Gasteiger charge is 2.14. The van der Waals surface area contributed by atoms with Crippen molar-refractivity contribution in [1.82, 2.24) is 14.8 Å². The van der Waals surface area contributed by atoms with Gasteiger partial charge in [-0.3, -0.25) is 0 Å². The van der Waals surface area contributed by atoms with Gasteiger partial charge in [-0.05, 0) is 48.0 Å². The first kappa shape index (κ1) is 13.9. The van der Waals surface area contributed by atoms with Gasteiger partial charge in [0.05, 0.1) is 17.8 Å². The molecule has 4 nitrogen and oxygen atoms in total. The highest BCUT2D eigenvalue weighted by Crippen LogP contribution is 2.29. The van der Waals surface area contributed by atoms with E-state index in [1.165, 1.54) is 0 Å². The fourth-order valence-corrected chi connectivity index (χ4v) is 2.38. The van der Waals surface area contributed by atoms with Gasteiger partial charge in [-0.2, -0.15) is 4.98 Å². The van der Waals surface area contributed by atoms with Gasteiger partial charge in [0.1, 0.15) is 5.75 Å². The van der Waals surface area contributed by atoms with Crippen LogP contribution in [-0.2, 0) is 0 Å². The molecule has 0 N–H and O–H groups in total. The van der Waals surface area contributed by atoms with E-state index < -0.39 is 0 Å². The number of hydrogen-bond donors (Lipinski definition) is 0. The second-order valence-electron chi connectivity index (χ2n) is 4.29. The molecule has 1 heterocycles. The highest BCUT2D eigenvalue weighted by atomic mass is 35.5. The Kier molecular flexibility index (Phi) is 3.82. The number of rotatable bonds is 3. The monoisotopic (exact) mass is 319 g/mol. The molecule has 6 heteroatoms. The molecule has 0 aliphatic heterocycles. The van der Waals surface area contributed by atoms with E-state index in [0.29, 0.717) is 10.8 Å². The van der Waals surface area contributed by atoms with Crippen LogP contribution >= 0.6 is 23.2 Å². The number of halogens is 2. The SMILES string of the molecule is COc1ccc(-n2nc(Cl)nc2-c2ccccc2Cl)cc1. The van der Waals surface area contributed by atoms with Crippen LogP contribution in [0.15, 0.2) is 48.5 Å². The fraction of sp³-hybridized carbons (Fsp3) is 0.0667. The second-order valence-corrected chi connectivity index (χ2v) is 5.04. The van der Waals surface area contributed by atoms with Crippen LogP contribution in [-0.4, -0.2) is 21.9 Å². The lowest BCUT2D eigenvalue weighted by molar-refractivity contribution is 0.414. The maximum absolute atomic E-state index is 6.23. The van der Waals surface area contributed by atoms with Crippen molar-refractivity contribution in [3.63, 3.8) is 0 Å². The zero-order chi connectivity index (χ0) is 14.8. The Morgan fingerprint density at radius 1 is 1.00 bits per heavy atom. The first-order valence-corrected chi connectivity index (χ1v) is 6.96. The predicted molar refractivity (Wildman–Crippen MR) is 83.4 cm³/mol. The molecule has 3 aromatic rings. The largest absolute Gasteiger partial charge is 0.497 e. The van der Waals surface area contributed by atoms with Gasteiger partial charge >= 0.3 is 0 Å². The zero-order valence-electron chi connectivity index (χ0n) is 11.1. The lowest BCUT2D eigenvalue weighted by atomic mass is 10.2. The number of methoxy groups -OCH3 is 1. The summed E-state index contributed by atoms with van der Waals surface area (Å²) < 4.78 is 6.81. The van der Waals surface area contributed by atoms with E-state index in [4.69, 9.17) is 27.9 Å². The van der Waals surface area contributed by atoms with Gasteiger partial charge in [0.15, 0.2) is 5.82 Å². The molecule has 0 fully saturated rings. The average molecular weight is 320 g/mol. The van der Waals surface area contributed by atoms with Crippen molar-refractivity contribution >= 4 is 23.2 Å². The third kappa shape index (κ3) is 2.73. The number of ether oxygens (including phenoxy) is 1. The van der Waals surface area contributed by atoms with E-state index >= 15 is 0 Å². The van der Waals surface area contributed by atoms with Crippen LogP contribution in [0.4, 0.5) is 0 Å². The fourth-order valence-electron chi connectivity index (χ4n) is 2.01. The minimum Gasteiger partial charge on any atom is -0.497 e.